The Morgan fingerprint density at radius 1 is 1.39 bits per heavy atom. The quantitative estimate of drug-likeness (QED) is 0.647. The number of aromatic nitrogens is 4. The fourth-order valence-electron chi connectivity index (χ4n) is 2.42. The number of aliphatic hydroxyl groups excluding tert-OH is 1. The van der Waals surface area contributed by atoms with E-state index in [0.29, 0.717) is 5.65 Å². The van der Waals surface area contributed by atoms with E-state index >= 15 is 0 Å². The highest BCUT2D eigenvalue weighted by atomic mass is 16.7. The molecule has 0 unspecified atom stereocenters. The van der Waals surface area contributed by atoms with Crippen LogP contribution in [-0.2, 0) is 9.47 Å². The van der Waals surface area contributed by atoms with Crippen LogP contribution in [0.15, 0.2) is 17.4 Å². The molecule has 4 rings (SSSR count). The van der Waals surface area contributed by atoms with Crippen molar-refractivity contribution in [2.75, 3.05) is 6.61 Å². The number of nitrogens with zero attached hydrogens (tertiary/aromatic N) is 3. The molecule has 0 aliphatic carbocycles. The van der Waals surface area contributed by atoms with Crippen molar-refractivity contribution in [3.63, 3.8) is 0 Å². The lowest BCUT2D eigenvalue weighted by atomic mass is 10.2. The van der Waals surface area contributed by atoms with Crippen LogP contribution in [0.5, 0.6) is 0 Å². The molecule has 0 saturated carbocycles. The van der Waals surface area contributed by atoms with Gasteiger partial charge >= 0.3 is 0 Å². The average Bonchev–Trinajstić information content (AvgIpc) is 2.91. The van der Waals surface area contributed by atoms with Crippen LogP contribution in [0.25, 0.3) is 11.2 Å². The van der Waals surface area contributed by atoms with E-state index in [-0.39, 0.29) is 42.2 Å². The highest BCUT2D eigenvalue weighted by Gasteiger charge is 2.58. The molecule has 2 aromatic rings. The number of hydrogen-bond acceptors (Lipinski definition) is 6. The van der Waals surface area contributed by atoms with Gasteiger partial charge in [-0.3, -0.25) is 9.36 Å². The zero-order chi connectivity index (χ0) is 12.3. The van der Waals surface area contributed by atoms with Gasteiger partial charge in [-0.15, -0.1) is 0 Å². The Balaban J connectivity index is 1.80. The zero-order valence-electron chi connectivity index (χ0n) is 9.18. The lowest BCUT2D eigenvalue weighted by Crippen LogP contribution is -2.22. The molecular weight excluding hydrogens is 240 g/mol. The van der Waals surface area contributed by atoms with Crippen molar-refractivity contribution in [3.05, 3.63) is 23.0 Å². The molecule has 18 heavy (non-hydrogen) atoms. The fraction of sp³-hybridized carbons (Fsp3) is 0.500. The first-order valence-corrected chi connectivity index (χ1v) is 5.61. The molecule has 8 nitrogen and oxygen atoms in total. The van der Waals surface area contributed by atoms with E-state index in [1.807, 2.05) is 0 Å². The number of epoxide rings is 1. The van der Waals surface area contributed by atoms with E-state index in [2.05, 4.69) is 15.0 Å². The van der Waals surface area contributed by atoms with Gasteiger partial charge < -0.3 is 19.6 Å². The maximum absolute atomic E-state index is 11.5. The number of ether oxygens (including phenoxy) is 2. The number of hydrogen-bond donors (Lipinski definition) is 2. The van der Waals surface area contributed by atoms with Crippen LogP contribution in [0, 0.1) is 0 Å². The molecule has 0 amide bonds. The molecule has 8 heteroatoms. The van der Waals surface area contributed by atoms with E-state index in [1.165, 1.54) is 12.7 Å². The third-order valence-electron chi connectivity index (χ3n) is 3.34. The summed E-state index contributed by atoms with van der Waals surface area (Å²) in [6, 6.07) is 0. The van der Waals surface area contributed by atoms with Crippen molar-refractivity contribution in [1.82, 2.24) is 19.5 Å². The second-order valence-electron chi connectivity index (χ2n) is 4.37. The number of imidazole rings is 1. The van der Waals surface area contributed by atoms with Crippen LogP contribution in [0.1, 0.15) is 6.23 Å². The number of H-pyrrole nitrogens is 1. The van der Waals surface area contributed by atoms with Gasteiger partial charge in [0.2, 0.25) is 0 Å². The van der Waals surface area contributed by atoms with Crippen molar-refractivity contribution in [3.8, 4) is 0 Å². The summed E-state index contributed by atoms with van der Waals surface area (Å²) in [5.41, 5.74) is 0.436. The second kappa shape index (κ2) is 3.37. The predicted octanol–water partition coefficient (Wildman–Crippen LogP) is -1.22. The van der Waals surface area contributed by atoms with E-state index in [0.717, 1.165) is 0 Å². The zero-order valence-corrected chi connectivity index (χ0v) is 9.18. The Hall–Kier alpha value is -1.77. The van der Waals surface area contributed by atoms with Crippen molar-refractivity contribution >= 4 is 11.2 Å². The number of aliphatic hydroxyl groups is 1. The third-order valence-corrected chi connectivity index (χ3v) is 3.34. The second-order valence-corrected chi connectivity index (χ2v) is 4.37. The Morgan fingerprint density at radius 3 is 3.06 bits per heavy atom. The first-order valence-electron chi connectivity index (χ1n) is 5.61. The first kappa shape index (κ1) is 10.2. The average molecular weight is 250 g/mol. The Morgan fingerprint density at radius 2 is 2.28 bits per heavy atom. The third kappa shape index (κ3) is 1.22. The maximum Gasteiger partial charge on any atom is 0.278 e. The summed E-state index contributed by atoms with van der Waals surface area (Å²) in [5, 5.41) is 9.14. The van der Waals surface area contributed by atoms with E-state index < -0.39 is 0 Å². The van der Waals surface area contributed by atoms with Crippen molar-refractivity contribution < 1.29 is 14.6 Å². The highest BCUT2D eigenvalue weighted by Crippen LogP contribution is 2.45. The minimum atomic E-state index is -0.383. The van der Waals surface area contributed by atoms with Crippen LogP contribution in [0.3, 0.4) is 0 Å². The van der Waals surface area contributed by atoms with E-state index in [9.17, 15) is 4.79 Å². The molecule has 2 aliphatic rings. The van der Waals surface area contributed by atoms with Crippen molar-refractivity contribution in [2.24, 2.45) is 0 Å². The fourth-order valence-corrected chi connectivity index (χ4v) is 2.42. The van der Waals surface area contributed by atoms with Gasteiger partial charge in [0, 0.05) is 0 Å². The van der Waals surface area contributed by atoms with Crippen LogP contribution < -0.4 is 5.56 Å². The summed E-state index contributed by atoms with van der Waals surface area (Å²) in [6.07, 6.45) is 1.97. The normalized spacial score (nSPS) is 33.8. The smallest absolute Gasteiger partial charge is 0.278 e. The van der Waals surface area contributed by atoms with Crippen LogP contribution >= 0.6 is 0 Å². The predicted molar refractivity (Wildman–Crippen MR) is 57.8 cm³/mol. The van der Waals surface area contributed by atoms with E-state index in [1.54, 1.807) is 4.57 Å². The molecule has 2 aliphatic heterocycles. The lowest BCUT2D eigenvalue weighted by molar-refractivity contribution is -0.0823. The first-order chi connectivity index (χ1) is 8.79. The molecule has 2 N–H and O–H groups in total. The summed E-state index contributed by atoms with van der Waals surface area (Å²) in [4.78, 5) is 22.1. The molecule has 2 aromatic heterocycles. The molecule has 0 aromatic carbocycles. The minimum Gasteiger partial charge on any atom is -0.394 e. The monoisotopic (exact) mass is 250 g/mol. The molecule has 2 saturated heterocycles. The molecule has 2 fully saturated rings. The summed E-state index contributed by atoms with van der Waals surface area (Å²) in [7, 11) is 0. The summed E-state index contributed by atoms with van der Waals surface area (Å²) in [5.74, 6) is 0. The molecule has 0 spiro atoms. The van der Waals surface area contributed by atoms with Crippen LogP contribution in [0.2, 0.25) is 0 Å². The molecule has 0 bridgehead atoms. The highest BCUT2D eigenvalue weighted by molar-refractivity contribution is 5.68. The molecular formula is C10H10N4O4. The van der Waals surface area contributed by atoms with Gasteiger partial charge in [0.25, 0.3) is 5.56 Å². The van der Waals surface area contributed by atoms with Gasteiger partial charge in [-0.1, -0.05) is 0 Å². The standard InChI is InChI=1S/C10H10N4O4/c15-1-4-6-7(18-6)10(17-4)14-3-13-5-8(14)11-2-12-9(5)16/h2-4,6-7,10,15H,1H2,(H,11,12,16)/t4-,6+,7+,10-/m1/s1. The SMILES string of the molecule is O=c1[nH]cnc2c1ncn2[C@@H]1O[C@H](CO)[C@@H]2O[C@@H]21. The van der Waals surface area contributed by atoms with E-state index in [4.69, 9.17) is 14.6 Å². The maximum atomic E-state index is 11.5. The molecule has 4 atom stereocenters. The van der Waals surface area contributed by atoms with Gasteiger partial charge in [-0.2, -0.15) is 0 Å². The number of rotatable bonds is 2. The van der Waals surface area contributed by atoms with Gasteiger partial charge in [0.1, 0.15) is 18.3 Å². The lowest BCUT2D eigenvalue weighted by Gasteiger charge is -2.17. The largest absolute Gasteiger partial charge is 0.394 e. The topological polar surface area (TPSA) is 106 Å². The molecule has 4 heterocycles. The number of fused-ring (bicyclic) bond motifs is 2. The Kier molecular flexibility index (Phi) is 1.91. The summed E-state index contributed by atoms with van der Waals surface area (Å²) < 4.78 is 12.8. The summed E-state index contributed by atoms with van der Waals surface area (Å²) in [6.45, 7) is -0.0850. The minimum absolute atomic E-state index is 0.0700. The van der Waals surface area contributed by atoms with Crippen LogP contribution in [0.4, 0.5) is 0 Å². The molecule has 94 valence electrons. The van der Waals surface area contributed by atoms with Crippen molar-refractivity contribution in [2.45, 2.75) is 24.5 Å². The van der Waals surface area contributed by atoms with Gasteiger partial charge in [-0.25, -0.2) is 9.97 Å². The Labute approximate surface area is 100 Å². The van der Waals surface area contributed by atoms with Crippen LogP contribution in [-0.4, -0.2) is 49.5 Å². The molecule has 0 radical (unpaired) electrons. The summed E-state index contributed by atoms with van der Waals surface area (Å²) >= 11 is 0. The Bertz CT molecular complexity index is 665. The number of aromatic amines is 1. The van der Waals surface area contributed by atoms with Gasteiger partial charge in [0.05, 0.1) is 19.3 Å². The van der Waals surface area contributed by atoms with Crippen molar-refractivity contribution in [1.29, 1.82) is 0 Å². The number of nitrogens with one attached hydrogen (secondary N) is 1. The van der Waals surface area contributed by atoms with Gasteiger partial charge in [-0.05, 0) is 0 Å². The van der Waals surface area contributed by atoms with Gasteiger partial charge in [0.15, 0.2) is 17.4 Å².